The molecule has 0 saturated carbocycles. The average molecular weight is 386 g/mol. The van der Waals surface area contributed by atoms with Crippen molar-refractivity contribution in [1.82, 2.24) is 5.32 Å². The highest BCUT2D eigenvalue weighted by Gasteiger charge is 2.28. The van der Waals surface area contributed by atoms with Gasteiger partial charge in [0, 0.05) is 4.88 Å². The van der Waals surface area contributed by atoms with E-state index in [1.807, 2.05) is 31.2 Å². The first-order chi connectivity index (χ1) is 13.0. The van der Waals surface area contributed by atoms with Gasteiger partial charge in [-0.3, -0.25) is 14.9 Å². The highest BCUT2D eigenvalue weighted by atomic mass is 32.1. The Hall–Kier alpha value is -2.67. The number of hydrogen-bond acceptors (Lipinski definition) is 5. The molecule has 0 aliphatic heterocycles. The molecular formula is C20H22N2O4S. The van der Waals surface area contributed by atoms with Crippen molar-refractivity contribution in [3.8, 4) is 0 Å². The summed E-state index contributed by atoms with van der Waals surface area (Å²) in [5.74, 6) is -0.720. The normalized spacial score (nSPS) is 12.4. The van der Waals surface area contributed by atoms with Crippen molar-refractivity contribution in [2.45, 2.75) is 39.5 Å². The standard InChI is InChI=1S/C20H22N2O4S/c1-3-26-20(25)22-18(24)17-14-5-4-6-15(14)27-19(17)21-16(23)11-13-9-7-12(2)8-10-13/h7-10H,3-6,11H2,1-2H3,(H,21,23)(H,22,24,25). The van der Waals surface area contributed by atoms with Crippen molar-refractivity contribution in [3.63, 3.8) is 0 Å². The number of nitrogens with one attached hydrogen (secondary N) is 2. The van der Waals surface area contributed by atoms with E-state index < -0.39 is 12.0 Å². The van der Waals surface area contributed by atoms with E-state index >= 15 is 0 Å². The van der Waals surface area contributed by atoms with Crippen molar-refractivity contribution in [1.29, 1.82) is 0 Å². The van der Waals surface area contributed by atoms with Gasteiger partial charge in [0.1, 0.15) is 5.00 Å². The molecule has 0 unspecified atom stereocenters. The van der Waals surface area contributed by atoms with Crippen molar-refractivity contribution in [3.05, 3.63) is 51.4 Å². The highest BCUT2D eigenvalue weighted by Crippen LogP contribution is 2.39. The molecule has 0 saturated heterocycles. The minimum Gasteiger partial charge on any atom is -0.450 e. The van der Waals surface area contributed by atoms with Crippen LogP contribution in [0.1, 0.15) is 45.3 Å². The van der Waals surface area contributed by atoms with Crippen molar-refractivity contribution in [2.75, 3.05) is 11.9 Å². The number of rotatable bonds is 5. The fourth-order valence-electron chi connectivity index (χ4n) is 3.12. The summed E-state index contributed by atoms with van der Waals surface area (Å²) in [5.41, 5.74) is 3.34. The Labute approximate surface area is 161 Å². The van der Waals surface area contributed by atoms with Gasteiger partial charge in [-0.25, -0.2) is 4.79 Å². The van der Waals surface area contributed by atoms with Crippen LogP contribution in [0.15, 0.2) is 24.3 Å². The monoisotopic (exact) mass is 386 g/mol. The lowest BCUT2D eigenvalue weighted by atomic mass is 10.1. The third-order valence-corrected chi connectivity index (χ3v) is 5.58. The van der Waals surface area contributed by atoms with E-state index in [0.29, 0.717) is 10.6 Å². The van der Waals surface area contributed by atoms with Gasteiger partial charge >= 0.3 is 6.09 Å². The van der Waals surface area contributed by atoms with Gasteiger partial charge in [-0.15, -0.1) is 11.3 Å². The molecular weight excluding hydrogens is 364 g/mol. The molecule has 1 aromatic carbocycles. The zero-order valence-corrected chi connectivity index (χ0v) is 16.2. The summed E-state index contributed by atoms with van der Waals surface area (Å²) in [6.07, 6.45) is 2.07. The number of carbonyl (C=O) groups is 3. The predicted molar refractivity (Wildman–Crippen MR) is 104 cm³/mol. The van der Waals surface area contributed by atoms with E-state index in [9.17, 15) is 14.4 Å². The third-order valence-electron chi connectivity index (χ3n) is 4.38. The van der Waals surface area contributed by atoms with E-state index in [1.54, 1.807) is 6.92 Å². The molecule has 2 N–H and O–H groups in total. The molecule has 1 aliphatic rings. The number of benzene rings is 1. The second-order valence-electron chi connectivity index (χ2n) is 6.45. The summed E-state index contributed by atoms with van der Waals surface area (Å²) in [5, 5.41) is 5.59. The molecule has 1 aliphatic carbocycles. The maximum Gasteiger partial charge on any atom is 0.414 e. The van der Waals surface area contributed by atoms with Gasteiger partial charge in [-0.05, 0) is 44.2 Å². The SMILES string of the molecule is CCOC(=O)NC(=O)c1c(NC(=O)Cc2ccc(C)cc2)sc2c1CCC2. The lowest BCUT2D eigenvalue weighted by Crippen LogP contribution is -2.32. The average Bonchev–Trinajstić information content (AvgIpc) is 3.17. The first kappa shape index (κ1) is 19.1. The molecule has 1 aromatic heterocycles. The van der Waals surface area contributed by atoms with Crippen LogP contribution in [-0.2, 0) is 28.8 Å². The largest absolute Gasteiger partial charge is 0.450 e. The van der Waals surface area contributed by atoms with Gasteiger partial charge in [0.05, 0.1) is 18.6 Å². The van der Waals surface area contributed by atoms with Crippen LogP contribution in [0.25, 0.3) is 0 Å². The zero-order chi connectivity index (χ0) is 19.4. The molecule has 3 amide bonds. The van der Waals surface area contributed by atoms with E-state index in [1.165, 1.54) is 11.3 Å². The quantitative estimate of drug-likeness (QED) is 0.822. The molecule has 0 atom stereocenters. The number of amides is 3. The molecule has 0 fully saturated rings. The van der Waals surface area contributed by atoms with Crippen LogP contribution in [0.2, 0.25) is 0 Å². The summed E-state index contributed by atoms with van der Waals surface area (Å²) >= 11 is 1.41. The first-order valence-corrected chi connectivity index (χ1v) is 9.77. The van der Waals surface area contributed by atoms with Gasteiger partial charge in [-0.2, -0.15) is 0 Å². The van der Waals surface area contributed by atoms with Gasteiger partial charge in [0.15, 0.2) is 0 Å². The number of anilines is 1. The summed E-state index contributed by atoms with van der Waals surface area (Å²) in [7, 11) is 0. The van der Waals surface area contributed by atoms with Gasteiger partial charge in [-0.1, -0.05) is 29.8 Å². The maximum absolute atomic E-state index is 12.6. The number of fused-ring (bicyclic) bond motifs is 1. The molecule has 0 bridgehead atoms. The van der Waals surface area contributed by atoms with Crippen LogP contribution in [0.5, 0.6) is 0 Å². The van der Waals surface area contributed by atoms with Gasteiger partial charge in [0.2, 0.25) is 5.91 Å². The fourth-order valence-corrected chi connectivity index (χ4v) is 4.42. The van der Waals surface area contributed by atoms with Crippen LogP contribution in [0.3, 0.4) is 0 Å². The number of thiophene rings is 1. The van der Waals surface area contributed by atoms with E-state index in [0.717, 1.165) is 40.8 Å². The Morgan fingerprint density at radius 1 is 1.15 bits per heavy atom. The van der Waals surface area contributed by atoms with Crippen LogP contribution < -0.4 is 10.6 Å². The summed E-state index contributed by atoms with van der Waals surface area (Å²) in [6.45, 7) is 3.84. The topological polar surface area (TPSA) is 84.5 Å². The Morgan fingerprint density at radius 2 is 1.89 bits per heavy atom. The smallest absolute Gasteiger partial charge is 0.414 e. The fraction of sp³-hybridized carbons (Fsp3) is 0.350. The van der Waals surface area contributed by atoms with Crippen LogP contribution in [0.4, 0.5) is 9.80 Å². The molecule has 142 valence electrons. The number of alkyl carbamates (subject to hydrolysis) is 1. The van der Waals surface area contributed by atoms with Crippen molar-refractivity contribution < 1.29 is 19.1 Å². The molecule has 3 rings (SSSR count). The van der Waals surface area contributed by atoms with Gasteiger partial charge in [0.25, 0.3) is 5.91 Å². The minimum absolute atomic E-state index is 0.182. The number of ether oxygens (including phenoxy) is 1. The molecule has 2 aromatic rings. The highest BCUT2D eigenvalue weighted by molar-refractivity contribution is 7.17. The van der Waals surface area contributed by atoms with Gasteiger partial charge < -0.3 is 10.1 Å². The molecule has 27 heavy (non-hydrogen) atoms. The Balaban J connectivity index is 1.76. The second kappa shape index (κ2) is 8.35. The molecule has 0 radical (unpaired) electrons. The molecule has 0 spiro atoms. The first-order valence-electron chi connectivity index (χ1n) is 8.96. The van der Waals surface area contributed by atoms with Crippen molar-refractivity contribution in [2.24, 2.45) is 0 Å². The lowest BCUT2D eigenvalue weighted by molar-refractivity contribution is -0.115. The Kier molecular flexibility index (Phi) is 5.91. The summed E-state index contributed by atoms with van der Waals surface area (Å²) in [6, 6.07) is 7.75. The number of carbonyl (C=O) groups excluding carboxylic acids is 3. The molecule has 1 heterocycles. The van der Waals surface area contributed by atoms with Crippen molar-refractivity contribution >= 4 is 34.2 Å². The Bertz CT molecular complexity index is 871. The maximum atomic E-state index is 12.6. The van der Waals surface area contributed by atoms with Crippen LogP contribution >= 0.6 is 11.3 Å². The number of aryl methyl sites for hydroxylation is 2. The van der Waals surface area contributed by atoms with E-state index in [2.05, 4.69) is 10.6 Å². The number of hydrogen-bond donors (Lipinski definition) is 2. The second-order valence-corrected chi connectivity index (χ2v) is 7.55. The summed E-state index contributed by atoms with van der Waals surface area (Å²) < 4.78 is 4.78. The van der Waals surface area contributed by atoms with Crippen LogP contribution in [0, 0.1) is 6.92 Å². The molecule has 6 nitrogen and oxygen atoms in total. The predicted octanol–water partition coefficient (Wildman–Crippen LogP) is 3.61. The number of imide groups is 1. The zero-order valence-electron chi connectivity index (χ0n) is 15.4. The van der Waals surface area contributed by atoms with E-state index in [4.69, 9.17) is 4.74 Å². The summed E-state index contributed by atoms with van der Waals surface area (Å²) in [4.78, 5) is 37.8. The molecule has 7 heteroatoms. The Morgan fingerprint density at radius 3 is 2.59 bits per heavy atom. The van der Waals surface area contributed by atoms with E-state index in [-0.39, 0.29) is 18.9 Å². The lowest BCUT2D eigenvalue weighted by Gasteiger charge is -2.09. The third kappa shape index (κ3) is 4.54. The van der Waals surface area contributed by atoms with Crippen LogP contribution in [-0.4, -0.2) is 24.5 Å². The minimum atomic E-state index is -0.780.